The molecule has 4 nitrogen and oxygen atoms in total. The van der Waals surface area contributed by atoms with Crippen molar-refractivity contribution in [1.29, 1.82) is 0 Å². The van der Waals surface area contributed by atoms with E-state index in [0.717, 1.165) is 12.4 Å². The van der Waals surface area contributed by atoms with Gasteiger partial charge in [-0.3, -0.25) is 0 Å². The van der Waals surface area contributed by atoms with Gasteiger partial charge < -0.3 is 10.6 Å². The van der Waals surface area contributed by atoms with E-state index >= 15 is 0 Å². The Morgan fingerprint density at radius 1 is 1.40 bits per heavy atom. The summed E-state index contributed by atoms with van der Waals surface area (Å²) in [6, 6.07) is 1.71. The van der Waals surface area contributed by atoms with Crippen molar-refractivity contribution in [3.63, 3.8) is 0 Å². The maximum Gasteiger partial charge on any atom is 0.223 e. The van der Waals surface area contributed by atoms with Crippen LogP contribution in [0.1, 0.15) is 20.8 Å². The second-order valence-corrected chi connectivity index (χ2v) is 5.21. The van der Waals surface area contributed by atoms with Crippen LogP contribution in [-0.4, -0.2) is 23.6 Å². The predicted molar refractivity (Wildman–Crippen MR) is 64.2 cm³/mol. The SMILES string of the molecule is CN(CC(C)(C)C)c1cc(Cl)nc(N)n1. The van der Waals surface area contributed by atoms with E-state index in [9.17, 15) is 0 Å². The van der Waals surface area contributed by atoms with Crippen molar-refractivity contribution in [2.45, 2.75) is 20.8 Å². The molecule has 84 valence electrons. The Balaban J connectivity index is 2.86. The number of hydrogen-bond donors (Lipinski definition) is 1. The van der Waals surface area contributed by atoms with Gasteiger partial charge in [0.25, 0.3) is 0 Å². The topological polar surface area (TPSA) is 55.0 Å². The van der Waals surface area contributed by atoms with E-state index in [1.165, 1.54) is 0 Å². The molecule has 15 heavy (non-hydrogen) atoms. The summed E-state index contributed by atoms with van der Waals surface area (Å²) in [7, 11) is 1.96. The largest absolute Gasteiger partial charge is 0.368 e. The highest BCUT2D eigenvalue weighted by molar-refractivity contribution is 6.29. The molecule has 0 bridgehead atoms. The first kappa shape index (κ1) is 12.0. The van der Waals surface area contributed by atoms with Gasteiger partial charge in [-0.1, -0.05) is 32.4 Å². The van der Waals surface area contributed by atoms with Crippen molar-refractivity contribution in [3.8, 4) is 0 Å². The van der Waals surface area contributed by atoms with Crippen LogP contribution in [0.3, 0.4) is 0 Å². The normalized spacial score (nSPS) is 11.5. The third-order valence-corrected chi connectivity index (χ3v) is 1.99. The molecule has 0 aliphatic rings. The summed E-state index contributed by atoms with van der Waals surface area (Å²) in [5, 5.41) is 0.373. The third-order valence-electron chi connectivity index (χ3n) is 1.80. The summed E-state index contributed by atoms with van der Waals surface area (Å²) < 4.78 is 0. The lowest BCUT2D eigenvalue weighted by atomic mass is 9.96. The summed E-state index contributed by atoms with van der Waals surface area (Å²) in [5.74, 6) is 0.959. The van der Waals surface area contributed by atoms with Crippen molar-refractivity contribution in [2.24, 2.45) is 5.41 Å². The molecule has 2 N–H and O–H groups in total. The van der Waals surface area contributed by atoms with Gasteiger partial charge in [0.1, 0.15) is 11.0 Å². The van der Waals surface area contributed by atoms with Crippen molar-refractivity contribution in [3.05, 3.63) is 11.2 Å². The molecular weight excluding hydrogens is 212 g/mol. The van der Waals surface area contributed by atoms with Gasteiger partial charge in [0.15, 0.2) is 0 Å². The molecule has 0 saturated heterocycles. The first-order valence-corrected chi connectivity index (χ1v) is 5.17. The molecule has 0 radical (unpaired) electrons. The minimum Gasteiger partial charge on any atom is -0.368 e. The molecule has 0 aliphatic heterocycles. The number of anilines is 2. The first-order chi connectivity index (χ1) is 6.78. The van der Waals surface area contributed by atoms with Crippen LogP contribution in [0.15, 0.2) is 6.07 Å². The van der Waals surface area contributed by atoms with Gasteiger partial charge >= 0.3 is 0 Å². The Hall–Kier alpha value is -1.03. The Labute approximate surface area is 95.5 Å². The Kier molecular flexibility index (Phi) is 3.39. The molecular formula is C10H17ClN4. The van der Waals surface area contributed by atoms with Crippen LogP contribution in [0.2, 0.25) is 5.15 Å². The zero-order chi connectivity index (χ0) is 11.6. The number of rotatable bonds is 2. The molecule has 1 heterocycles. The molecule has 1 rings (SSSR count). The highest BCUT2D eigenvalue weighted by Crippen LogP contribution is 2.20. The van der Waals surface area contributed by atoms with E-state index in [0.29, 0.717) is 5.15 Å². The maximum atomic E-state index is 5.81. The van der Waals surface area contributed by atoms with Gasteiger partial charge in [-0.15, -0.1) is 0 Å². The molecule has 0 unspecified atom stereocenters. The van der Waals surface area contributed by atoms with E-state index < -0.39 is 0 Å². The molecule has 5 heteroatoms. The maximum absolute atomic E-state index is 5.81. The predicted octanol–water partition coefficient (Wildman–Crippen LogP) is 2.19. The molecule has 0 fully saturated rings. The third kappa shape index (κ3) is 3.91. The Morgan fingerprint density at radius 2 is 2.00 bits per heavy atom. The molecule has 0 saturated carbocycles. The van der Waals surface area contributed by atoms with Crippen LogP contribution >= 0.6 is 11.6 Å². The van der Waals surface area contributed by atoms with Crippen molar-refractivity contribution >= 4 is 23.4 Å². The van der Waals surface area contributed by atoms with E-state index in [1.54, 1.807) is 6.07 Å². The minimum atomic E-state index is 0.195. The zero-order valence-corrected chi connectivity index (χ0v) is 10.3. The van der Waals surface area contributed by atoms with E-state index in [-0.39, 0.29) is 11.4 Å². The lowest BCUT2D eigenvalue weighted by molar-refractivity contribution is 0.418. The van der Waals surface area contributed by atoms with Crippen LogP contribution in [0.25, 0.3) is 0 Å². The van der Waals surface area contributed by atoms with Gasteiger partial charge in [0, 0.05) is 19.7 Å². The fourth-order valence-corrected chi connectivity index (χ4v) is 1.60. The van der Waals surface area contributed by atoms with Gasteiger partial charge in [-0.2, -0.15) is 4.98 Å². The molecule has 1 aromatic heterocycles. The number of hydrogen-bond acceptors (Lipinski definition) is 4. The summed E-state index contributed by atoms with van der Waals surface area (Å²) in [5.41, 5.74) is 5.72. The standard InChI is InChI=1S/C10H17ClN4/c1-10(2,3)6-15(4)8-5-7(11)13-9(12)14-8/h5H,6H2,1-4H3,(H2,12,13,14). The molecule has 0 spiro atoms. The summed E-state index contributed by atoms with van der Waals surface area (Å²) >= 11 is 5.81. The average molecular weight is 229 g/mol. The quantitative estimate of drug-likeness (QED) is 0.789. The first-order valence-electron chi connectivity index (χ1n) is 4.79. The fraction of sp³-hybridized carbons (Fsp3) is 0.600. The molecule has 0 amide bonds. The van der Waals surface area contributed by atoms with Crippen LogP contribution < -0.4 is 10.6 Å². The van der Waals surface area contributed by atoms with Crippen molar-refractivity contribution in [2.75, 3.05) is 24.2 Å². The fourth-order valence-electron chi connectivity index (χ4n) is 1.41. The van der Waals surface area contributed by atoms with E-state index in [4.69, 9.17) is 17.3 Å². The van der Waals surface area contributed by atoms with Gasteiger partial charge in [-0.05, 0) is 5.41 Å². The highest BCUT2D eigenvalue weighted by atomic mass is 35.5. The minimum absolute atomic E-state index is 0.195. The summed E-state index contributed by atoms with van der Waals surface area (Å²) in [4.78, 5) is 9.96. The lowest BCUT2D eigenvalue weighted by Crippen LogP contribution is -2.29. The molecule has 0 atom stereocenters. The summed E-state index contributed by atoms with van der Waals surface area (Å²) in [6.45, 7) is 7.36. The van der Waals surface area contributed by atoms with Crippen LogP contribution in [-0.2, 0) is 0 Å². The zero-order valence-electron chi connectivity index (χ0n) is 9.58. The van der Waals surface area contributed by atoms with Crippen LogP contribution in [0, 0.1) is 5.41 Å². The smallest absolute Gasteiger partial charge is 0.223 e. The van der Waals surface area contributed by atoms with Gasteiger partial charge in [0.05, 0.1) is 0 Å². The number of nitrogen functional groups attached to an aromatic ring is 1. The average Bonchev–Trinajstić information content (AvgIpc) is 1.98. The lowest BCUT2D eigenvalue weighted by Gasteiger charge is -2.27. The molecule has 0 aliphatic carbocycles. The van der Waals surface area contributed by atoms with Gasteiger partial charge in [-0.25, -0.2) is 4.98 Å². The second-order valence-electron chi connectivity index (χ2n) is 4.82. The second kappa shape index (κ2) is 4.23. The number of nitrogens with zero attached hydrogens (tertiary/aromatic N) is 3. The Bertz CT molecular complexity index is 326. The monoisotopic (exact) mass is 228 g/mol. The van der Waals surface area contributed by atoms with E-state index in [1.807, 2.05) is 11.9 Å². The van der Waals surface area contributed by atoms with Gasteiger partial charge in [0.2, 0.25) is 5.95 Å². The summed E-state index contributed by atoms with van der Waals surface area (Å²) in [6.07, 6.45) is 0. The highest BCUT2D eigenvalue weighted by Gasteiger charge is 2.15. The van der Waals surface area contributed by atoms with Crippen molar-refractivity contribution in [1.82, 2.24) is 9.97 Å². The van der Waals surface area contributed by atoms with Crippen molar-refractivity contribution < 1.29 is 0 Å². The molecule has 0 aromatic carbocycles. The number of nitrogens with two attached hydrogens (primary N) is 1. The van der Waals surface area contributed by atoms with Crippen LogP contribution in [0.4, 0.5) is 11.8 Å². The number of aromatic nitrogens is 2. The Morgan fingerprint density at radius 3 is 2.47 bits per heavy atom. The van der Waals surface area contributed by atoms with E-state index in [2.05, 4.69) is 30.7 Å². The van der Waals surface area contributed by atoms with Crippen LogP contribution in [0.5, 0.6) is 0 Å². The number of halogens is 1. The molecule has 1 aromatic rings.